The highest BCUT2D eigenvalue weighted by atomic mass is 35.5. The first-order valence-corrected chi connectivity index (χ1v) is 11.9. The molecule has 0 bridgehead atoms. The summed E-state index contributed by atoms with van der Waals surface area (Å²) >= 11 is 7.52. The third-order valence-electron chi connectivity index (χ3n) is 5.29. The van der Waals surface area contributed by atoms with Crippen molar-refractivity contribution in [1.82, 2.24) is 4.98 Å². The maximum atomic E-state index is 12.7. The van der Waals surface area contributed by atoms with Crippen molar-refractivity contribution >= 4 is 45.6 Å². The second-order valence-corrected chi connectivity index (χ2v) is 9.12. The number of nitrogens with one attached hydrogen (secondary N) is 2. The number of benzene rings is 2. The van der Waals surface area contributed by atoms with Crippen LogP contribution in [0.5, 0.6) is 17.2 Å². The summed E-state index contributed by atoms with van der Waals surface area (Å²) in [6.07, 6.45) is 4.26. The summed E-state index contributed by atoms with van der Waals surface area (Å²) in [5.41, 5.74) is 1.92. The van der Waals surface area contributed by atoms with Crippen LogP contribution in [-0.2, 0) is 17.6 Å². The van der Waals surface area contributed by atoms with Crippen LogP contribution in [0.1, 0.15) is 33.8 Å². The highest BCUT2D eigenvalue weighted by molar-refractivity contribution is 7.15. The minimum absolute atomic E-state index is 0.276. The zero-order valence-corrected chi connectivity index (χ0v) is 20.3. The fraction of sp³-hybridized carbons (Fsp3) is 0.292. The van der Waals surface area contributed by atoms with Crippen molar-refractivity contribution in [2.75, 3.05) is 31.5 Å². The zero-order chi connectivity index (χ0) is 24.1. The number of anilines is 2. The number of carbonyl (C=O) groups is 2. The van der Waals surface area contributed by atoms with Gasteiger partial charge >= 0.3 is 0 Å². The van der Waals surface area contributed by atoms with E-state index in [1.165, 1.54) is 30.4 Å². The standard InChI is InChI=1S/C24H24ClN3O5S/c1-31-18-10-8-15(25)12-17(18)26-22(29)13-33-19-9-7-14(11-20(19)32-2)23(30)28-24-27-16-5-3-4-6-21(16)34-24/h7-12H,3-6,13H2,1-2H3,(H,26,29)(H,27,28,30). The van der Waals surface area contributed by atoms with E-state index in [4.69, 9.17) is 25.8 Å². The number of halogens is 1. The number of ether oxygens (including phenoxy) is 3. The maximum absolute atomic E-state index is 12.7. The van der Waals surface area contributed by atoms with Crippen molar-refractivity contribution < 1.29 is 23.8 Å². The number of fused-ring (bicyclic) bond motifs is 1. The van der Waals surface area contributed by atoms with Crippen molar-refractivity contribution in [2.24, 2.45) is 0 Å². The Balaban J connectivity index is 1.39. The van der Waals surface area contributed by atoms with Crippen molar-refractivity contribution in [3.05, 3.63) is 57.6 Å². The summed E-state index contributed by atoms with van der Waals surface area (Å²) in [4.78, 5) is 30.9. The van der Waals surface area contributed by atoms with Crippen LogP contribution in [0.2, 0.25) is 5.02 Å². The highest BCUT2D eigenvalue weighted by Crippen LogP contribution is 2.32. The minimum Gasteiger partial charge on any atom is -0.495 e. The summed E-state index contributed by atoms with van der Waals surface area (Å²) in [7, 11) is 2.97. The topological polar surface area (TPSA) is 98.8 Å². The zero-order valence-electron chi connectivity index (χ0n) is 18.8. The van der Waals surface area contributed by atoms with E-state index < -0.39 is 5.91 Å². The summed E-state index contributed by atoms with van der Waals surface area (Å²) in [5, 5.41) is 6.63. The van der Waals surface area contributed by atoms with Gasteiger partial charge in [-0.05, 0) is 62.1 Å². The molecular formula is C24H24ClN3O5S. The molecule has 0 aliphatic heterocycles. The van der Waals surface area contributed by atoms with Gasteiger partial charge in [-0.15, -0.1) is 11.3 Å². The molecule has 34 heavy (non-hydrogen) atoms. The fourth-order valence-corrected chi connectivity index (χ4v) is 4.83. The first kappa shape index (κ1) is 23.8. The summed E-state index contributed by atoms with van der Waals surface area (Å²) < 4.78 is 16.2. The number of methoxy groups -OCH3 is 2. The molecule has 0 fully saturated rings. The second-order valence-electron chi connectivity index (χ2n) is 7.60. The van der Waals surface area contributed by atoms with Gasteiger partial charge in [-0.1, -0.05) is 11.6 Å². The van der Waals surface area contributed by atoms with Crippen LogP contribution in [0, 0.1) is 0 Å². The molecule has 1 heterocycles. The number of carbonyl (C=O) groups excluding carboxylic acids is 2. The third kappa shape index (κ3) is 5.60. The van der Waals surface area contributed by atoms with E-state index in [0.29, 0.717) is 38.7 Å². The van der Waals surface area contributed by atoms with E-state index in [9.17, 15) is 9.59 Å². The van der Waals surface area contributed by atoms with Crippen molar-refractivity contribution in [3.8, 4) is 17.2 Å². The SMILES string of the molecule is COc1ccc(Cl)cc1NC(=O)COc1ccc(C(=O)Nc2nc3c(s2)CCCC3)cc1OC. The molecule has 8 nitrogen and oxygen atoms in total. The molecule has 0 radical (unpaired) electrons. The third-order valence-corrected chi connectivity index (χ3v) is 6.59. The number of hydrogen-bond donors (Lipinski definition) is 2. The van der Waals surface area contributed by atoms with E-state index in [1.807, 2.05) is 0 Å². The predicted octanol–water partition coefficient (Wildman–Crippen LogP) is 4.96. The molecule has 1 aromatic heterocycles. The average Bonchev–Trinajstić information content (AvgIpc) is 3.25. The number of thiazole rings is 1. The van der Waals surface area contributed by atoms with Gasteiger partial charge in [0, 0.05) is 15.5 Å². The molecule has 0 unspecified atom stereocenters. The molecule has 10 heteroatoms. The predicted molar refractivity (Wildman–Crippen MR) is 132 cm³/mol. The number of amides is 2. The summed E-state index contributed by atoms with van der Waals surface area (Å²) in [5.74, 6) is 0.446. The van der Waals surface area contributed by atoms with E-state index in [0.717, 1.165) is 31.4 Å². The van der Waals surface area contributed by atoms with E-state index >= 15 is 0 Å². The first-order valence-electron chi connectivity index (χ1n) is 10.7. The molecular weight excluding hydrogens is 478 g/mol. The van der Waals surface area contributed by atoms with E-state index in [1.54, 1.807) is 36.4 Å². The molecule has 3 aromatic rings. The molecule has 0 saturated heterocycles. The first-order chi connectivity index (χ1) is 16.5. The summed E-state index contributed by atoms with van der Waals surface area (Å²) in [6, 6.07) is 9.68. The van der Waals surface area contributed by atoms with Crippen LogP contribution in [0.4, 0.5) is 10.8 Å². The number of nitrogens with zero attached hydrogens (tertiary/aromatic N) is 1. The fourth-order valence-electron chi connectivity index (χ4n) is 3.61. The van der Waals surface area contributed by atoms with Crippen molar-refractivity contribution in [1.29, 1.82) is 0 Å². The summed E-state index contributed by atoms with van der Waals surface area (Å²) in [6.45, 7) is -0.276. The van der Waals surface area contributed by atoms with Crippen molar-refractivity contribution in [2.45, 2.75) is 25.7 Å². The van der Waals surface area contributed by atoms with Gasteiger partial charge in [0.15, 0.2) is 23.2 Å². The van der Waals surface area contributed by atoms with Crippen molar-refractivity contribution in [3.63, 3.8) is 0 Å². The number of rotatable bonds is 8. The van der Waals surface area contributed by atoms with Gasteiger partial charge in [0.25, 0.3) is 11.8 Å². The van der Waals surface area contributed by atoms with Gasteiger partial charge in [0.05, 0.1) is 25.6 Å². The molecule has 2 N–H and O–H groups in total. The molecule has 4 rings (SSSR count). The van der Waals surface area contributed by atoms with Crippen LogP contribution < -0.4 is 24.8 Å². The minimum atomic E-state index is -0.405. The van der Waals surface area contributed by atoms with E-state index in [-0.39, 0.29) is 12.5 Å². The van der Waals surface area contributed by atoms with Gasteiger partial charge < -0.3 is 19.5 Å². The largest absolute Gasteiger partial charge is 0.495 e. The Morgan fingerprint density at radius 1 is 1.00 bits per heavy atom. The second kappa shape index (κ2) is 10.8. The van der Waals surface area contributed by atoms with Gasteiger partial charge in [-0.2, -0.15) is 0 Å². The molecule has 2 aromatic carbocycles. The Morgan fingerprint density at radius 3 is 2.53 bits per heavy atom. The molecule has 0 saturated carbocycles. The normalized spacial score (nSPS) is 12.4. The van der Waals surface area contributed by atoms with Crippen LogP contribution in [0.25, 0.3) is 0 Å². The average molecular weight is 502 g/mol. The van der Waals surface area contributed by atoms with Crippen LogP contribution >= 0.6 is 22.9 Å². The molecule has 178 valence electrons. The van der Waals surface area contributed by atoms with Gasteiger partial charge in [0.1, 0.15) is 5.75 Å². The quantitative estimate of drug-likeness (QED) is 0.452. The molecule has 2 amide bonds. The Hall–Kier alpha value is -3.30. The number of aryl methyl sites for hydroxylation is 2. The maximum Gasteiger partial charge on any atom is 0.262 e. The monoisotopic (exact) mass is 501 g/mol. The Labute approximate surface area is 206 Å². The van der Waals surface area contributed by atoms with Gasteiger partial charge in [-0.3, -0.25) is 14.9 Å². The highest BCUT2D eigenvalue weighted by Gasteiger charge is 2.18. The van der Waals surface area contributed by atoms with Crippen LogP contribution in [-0.4, -0.2) is 37.6 Å². The molecule has 1 aliphatic rings. The lowest BCUT2D eigenvalue weighted by Crippen LogP contribution is -2.20. The number of aromatic nitrogens is 1. The Bertz CT molecular complexity index is 1190. The van der Waals surface area contributed by atoms with Gasteiger partial charge in [-0.25, -0.2) is 4.98 Å². The smallest absolute Gasteiger partial charge is 0.262 e. The van der Waals surface area contributed by atoms with Crippen LogP contribution in [0.3, 0.4) is 0 Å². The lowest BCUT2D eigenvalue weighted by molar-refractivity contribution is -0.118. The lowest BCUT2D eigenvalue weighted by atomic mass is 10.0. The van der Waals surface area contributed by atoms with Crippen LogP contribution in [0.15, 0.2) is 36.4 Å². The molecule has 0 atom stereocenters. The van der Waals surface area contributed by atoms with Gasteiger partial charge in [0.2, 0.25) is 0 Å². The lowest BCUT2D eigenvalue weighted by Gasteiger charge is -2.13. The molecule has 1 aliphatic carbocycles. The number of hydrogen-bond acceptors (Lipinski definition) is 7. The Morgan fingerprint density at radius 2 is 1.76 bits per heavy atom. The van der Waals surface area contributed by atoms with E-state index in [2.05, 4.69) is 15.6 Å². The molecule has 0 spiro atoms. The Kier molecular flexibility index (Phi) is 7.54.